The molecule has 0 radical (unpaired) electrons. The zero-order valence-electron chi connectivity index (χ0n) is 14.8. The quantitative estimate of drug-likeness (QED) is 0.473. The van der Waals surface area contributed by atoms with E-state index in [0.717, 1.165) is 12.1 Å². The van der Waals surface area contributed by atoms with Crippen molar-refractivity contribution in [2.24, 2.45) is 7.05 Å². The molecule has 0 aliphatic heterocycles. The average Bonchev–Trinajstić information content (AvgIpc) is 2.98. The second-order valence-electron chi connectivity index (χ2n) is 6.47. The summed E-state index contributed by atoms with van der Waals surface area (Å²) in [4.78, 5) is 0. The Bertz CT molecular complexity index is 1020. The van der Waals surface area contributed by atoms with Crippen LogP contribution in [0.5, 0.6) is 5.75 Å². The van der Waals surface area contributed by atoms with Gasteiger partial charge in [0.2, 0.25) is 0 Å². The van der Waals surface area contributed by atoms with Crippen molar-refractivity contribution in [2.45, 2.75) is 19.4 Å². The van der Waals surface area contributed by atoms with E-state index in [1.165, 1.54) is 25.5 Å². The zero-order valence-corrected chi connectivity index (χ0v) is 14.8. The van der Waals surface area contributed by atoms with Gasteiger partial charge >= 0.3 is 0 Å². The number of nitrogens with zero attached hydrogens (tertiary/aromatic N) is 3. The van der Waals surface area contributed by atoms with E-state index in [1.54, 1.807) is 0 Å². The third-order valence-electron chi connectivity index (χ3n) is 3.98. The van der Waals surface area contributed by atoms with Gasteiger partial charge < -0.3 is 9.30 Å². The largest absolute Gasteiger partial charge is 0.474 e. The number of hydrogen-bond acceptors (Lipinski definition) is 3. The second-order valence-corrected chi connectivity index (χ2v) is 6.47. The molecule has 0 atom stereocenters. The Balaban J connectivity index is 2.01. The Hall–Kier alpha value is -3.04. The molecule has 4 nitrogen and oxygen atoms in total. The number of aromatic nitrogens is 3. The lowest BCUT2D eigenvalue weighted by Crippen LogP contribution is -2.30. The summed E-state index contributed by atoms with van der Waals surface area (Å²) < 4.78 is 87.6. The van der Waals surface area contributed by atoms with Crippen molar-refractivity contribution in [3.05, 3.63) is 65.0 Å². The van der Waals surface area contributed by atoms with Crippen LogP contribution < -0.4 is 4.74 Å². The maximum absolute atomic E-state index is 13.9. The lowest BCUT2D eigenvalue weighted by atomic mass is 10.1. The van der Waals surface area contributed by atoms with Crippen molar-refractivity contribution in [2.75, 3.05) is 0 Å². The Labute approximate surface area is 155 Å². The maximum Gasteiger partial charge on any atom is 0.194 e. The van der Waals surface area contributed by atoms with E-state index in [-0.39, 0.29) is 17.2 Å². The topological polar surface area (TPSA) is 39.9 Å². The SMILES string of the molecule is Cn1c(-c2cc(F)c(F)c(F)c2)nnc1C(C)(C)Oc1c(F)cc(F)cc1F. The van der Waals surface area contributed by atoms with Crippen molar-refractivity contribution in [1.82, 2.24) is 14.8 Å². The molecule has 10 heteroatoms. The predicted molar refractivity (Wildman–Crippen MR) is 86.3 cm³/mol. The molecule has 0 aliphatic carbocycles. The first-order valence-corrected chi connectivity index (χ1v) is 7.89. The Morgan fingerprint density at radius 1 is 0.821 bits per heavy atom. The first kappa shape index (κ1) is 19.7. The van der Waals surface area contributed by atoms with Crippen molar-refractivity contribution >= 4 is 0 Å². The van der Waals surface area contributed by atoms with Gasteiger partial charge in [-0.3, -0.25) is 0 Å². The molecule has 0 bridgehead atoms. The predicted octanol–water partition coefficient (Wildman–Crippen LogP) is 4.63. The molecule has 3 rings (SSSR count). The van der Waals surface area contributed by atoms with Gasteiger partial charge in [-0.1, -0.05) is 0 Å². The van der Waals surface area contributed by atoms with Gasteiger partial charge in [-0.2, -0.15) is 0 Å². The number of rotatable bonds is 4. The summed E-state index contributed by atoms with van der Waals surface area (Å²) >= 11 is 0. The first-order valence-electron chi connectivity index (χ1n) is 7.89. The summed E-state index contributed by atoms with van der Waals surface area (Å²) in [5.41, 5.74) is -1.58. The summed E-state index contributed by atoms with van der Waals surface area (Å²) in [6, 6.07) is 2.39. The van der Waals surface area contributed by atoms with Gasteiger partial charge in [-0.25, -0.2) is 26.3 Å². The van der Waals surface area contributed by atoms with Gasteiger partial charge in [0.05, 0.1) is 0 Å². The molecule has 0 unspecified atom stereocenters. The van der Waals surface area contributed by atoms with E-state index >= 15 is 0 Å². The summed E-state index contributed by atoms with van der Waals surface area (Å²) in [5, 5.41) is 7.64. The van der Waals surface area contributed by atoms with E-state index in [9.17, 15) is 26.3 Å². The standard InChI is InChI=1S/C18H13F6N3O/c1-18(2,28-15-12(22)6-9(19)7-13(15)23)17-26-25-16(27(17)3)8-4-10(20)14(24)11(21)5-8/h4-7H,1-3H3. The van der Waals surface area contributed by atoms with E-state index in [4.69, 9.17) is 4.74 Å². The van der Waals surface area contributed by atoms with Crippen molar-refractivity contribution < 1.29 is 31.1 Å². The molecule has 28 heavy (non-hydrogen) atoms. The lowest BCUT2D eigenvalue weighted by Gasteiger charge is -2.26. The van der Waals surface area contributed by atoms with Crippen molar-refractivity contribution in [3.8, 4) is 17.1 Å². The van der Waals surface area contributed by atoms with Crippen LogP contribution in [0.25, 0.3) is 11.4 Å². The van der Waals surface area contributed by atoms with Crippen LogP contribution in [0, 0.1) is 34.9 Å². The van der Waals surface area contributed by atoms with Gasteiger partial charge in [-0.05, 0) is 26.0 Å². The van der Waals surface area contributed by atoms with E-state index in [2.05, 4.69) is 10.2 Å². The van der Waals surface area contributed by atoms with E-state index in [1.807, 2.05) is 0 Å². The number of hydrogen-bond donors (Lipinski definition) is 0. The monoisotopic (exact) mass is 401 g/mol. The fourth-order valence-electron chi connectivity index (χ4n) is 2.72. The number of benzene rings is 2. The molecule has 3 aromatic rings. The first-order chi connectivity index (χ1) is 13.0. The highest BCUT2D eigenvalue weighted by atomic mass is 19.2. The van der Waals surface area contributed by atoms with Crippen LogP contribution in [-0.4, -0.2) is 14.8 Å². The molecule has 0 fully saturated rings. The number of halogens is 6. The molecule has 0 N–H and O–H groups in total. The van der Waals surface area contributed by atoms with E-state index < -0.39 is 46.3 Å². The maximum atomic E-state index is 13.9. The van der Waals surface area contributed by atoms with Gasteiger partial charge in [0, 0.05) is 24.7 Å². The fourth-order valence-corrected chi connectivity index (χ4v) is 2.72. The molecule has 0 saturated carbocycles. The van der Waals surface area contributed by atoms with Crippen LogP contribution in [0.4, 0.5) is 26.3 Å². The van der Waals surface area contributed by atoms with E-state index in [0.29, 0.717) is 12.1 Å². The molecule has 148 valence electrons. The van der Waals surface area contributed by atoms with Gasteiger partial charge in [-0.15, -0.1) is 10.2 Å². The highest BCUT2D eigenvalue weighted by Gasteiger charge is 2.32. The van der Waals surface area contributed by atoms with Crippen molar-refractivity contribution in [3.63, 3.8) is 0 Å². The third-order valence-corrected chi connectivity index (χ3v) is 3.98. The van der Waals surface area contributed by atoms with Gasteiger partial charge in [0.15, 0.2) is 52.1 Å². The summed E-state index contributed by atoms with van der Waals surface area (Å²) in [6.07, 6.45) is 0. The molecule has 0 amide bonds. The lowest BCUT2D eigenvalue weighted by molar-refractivity contribution is 0.0833. The van der Waals surface area contributed by atoms with Crippen LogP contribution in [0.2, 0.25) is 0 Å². The summed E-state index contributed by atoms with van der Waals surface area (Å²) in [5.74, 6) is -8.89. The van der Waals surface area contributed by atoms with Crippen LogP contribution in [0.1, 0.15) is 19.7 Å². The molecule has 0 aliphatic rings. The Morgan fingerprint density at radius 2 is 1.36 bits per heavy atom. The smallest absolute Gasteiger partial charge is 0.194 e. The number of ether oxygens (including phenoxy) is 1. The second kappa shape index (κ2) is 6.84. The highest BCUT2D eigenvalue weighted by molar-refractivity contribution is 5.55. The Kier molecular flexibility index (Phi) is 4.82. The van der Waals surface area contributed by atoms with Crippen LogP contribution in [-0.2, 0) is 12.6 Å². The van der Waals surface area contributed by atoms with Gasteiger partial charge in [0.1, 0.15) is 5.82 Å². The minimum Gasteiger partial charge on any atom is -0.474 e. The van der Waals surface area contributed by atoms with Crippen LogP contribution in [0.3, 0.4) is 0 Å². The molecule has 2 aromatic carbocycles. The molecule has 1 aromatic heterocycles. The zero-order chi connectivity index (χ0) is 20.8. The fraction of sp³-hybridized carbons (Fsp3) is 0.222. The Morgan fingerprint density at radius 3 is 1.89 bits per heavy atom. The minimum absolute atomic E-state index is 0.0375. The summed E-state index contributed by atoms with van der Waals surface area (Å²) in [6.45, 7) is 2.82. The normalized spacial score (nSPS) is 11.8. The third kappa shape index (κ3) is 3.41. The molecule has 0 spiro atoms. The molecule has 1 heterocycles. The van der Waals surface area contributed by atoms with Gasteiger partial charge in [0.25, 0.3) is 0 Å². The molecule has 0 saturated heterocycles. The highest BCUT2D eigenvalue weighted by Crippen LogP contribution is 2.32. The van der Waals surface area contributed by atoms with Crippen LogP contribution in [0.15, 0.2) is 24.3 Å². The average molecular weight is 401 g/mol. The molecular formula is C18H13F6N3O. The summed E-state index contributed by atoms with van der Waals surface area (Å²) in [7, 11) is 1.42. The van der Waals surface area contributed by atoms with Crippen molar-refractivity contribution in [1.29, 1.82) is 0 Å². The van der Waals surface area contributed by atoms with Crippen LogP contribution >= 0.6 is 0 Å². The molecular weight excluding hydrogens is 388 g/mol. The minimum atomic E-state index is -1.63.